The molecule has 1 aromatic heterocycles. The lowest BCUT2D eigenvalue weighted by molar-refractivity contribution is -0.111. The lowest BCUT2D eigenvalue weighted by Crippen LogP contribution is -2.41. The molecule has 0 aliphatic rings. The summed E-state index contributed by atoms with van der Waals surface area (Å²) < 4.78 is 18.5. The summed E-state index contributed by atoms with van der Waals surface area (Å²) in [5, 5.41) is 16.1. The standard InChI is InChI=1S/C19H14FN3O3/c20-12-4-1-3-11(7-12)18(22)14-8-15(17(24)9-16(14)21)19(25)23-10-13-5-2-6-26-13/h1-10,22,24H,21H2/p+1. The minimum absolute atomic E-state index is 0.0867. The lowest BCUT2D eigenvalue weighted by atomic mass is 9.98. The van der Waals surface area contributed by atoms with Crippen molar-refractivity contribution in [3.8, 4) is 5.75 Å². The number of carbonyl (C=O) groups is 1. The minimum Gasteiger partial charge on any atom is -0.507 e. The first-order valence-electron chi connectivity index (χ1n) is 7.59. The van der Waals surface area contributed by atoms with Gasteiger partial charge in [0.2, 0.25) is 5.71 Å². The molecule has 0 radical (unpaired) electrons. The highest BCUT2D eigenvalue weighted by molar-refractivity contribution is 6.14. The smallest absolute Gasteiger partial charge is 0.280 e. The van der Waals surface area contributed by atoms with Crippen molar-refractivity contribution in [3.05, 3.63) is 83.1 Å². The largest absolute Gasteiger partial charge is 0.507 e. The van der Waals surface area contributed by atoms with Gasteiger partial charge >= 0.3 is 0 Å². The first-order valence-corrected chi connectivity index (χ1v) is 7.59. The Morgan fingerprint density at radius 2 is 2.00 bits per heavy atom. The van der Waals surface area contributed by atoms with Crippen LogP contribution in [0.2, 0.25) is 0 Å². The first-order chi connectivity index (χ1) is 12.5. The van der Waals surface area contributed by atoms with Crippen LogP contribution in [-0.4, -0.2) is 22.9 Å². The molecule has 130 valence electrons. The van der Waals surface area contributed by atoms with Crippen LogP contribution in [-0.2, 0) is 0 Å². The van der Waals surface area contributed by atoms with E-state index in [0.717, 1.165) is 0 Å². The zero-order chi connectivity index (χ0) is 18.7. The highest BCUT2D eigenvalue weighted by atomic mass is 19.1. The quantitative estimate of drug-likeness (QED) is 0.488. The molecule has 0 saturated carbocycles. The molecule has 1 heterocycles. The number of phenolic OH excluding ortho intramolecular Hbond substituents is 1. The molecule has 2 aromatic carbocycles. The van der Waals surface area contributed by atoms with E-state index in [9.17, 15) is 14.3 Å². The zero-order valence-electron chi connectivity index (χ0n) is 13.5. The number of furan rings is 1. The summed E-state index contributed by atoms with van der Waals surface area (Å²) in [5.74, 6) is -1.10. The molecule has 0 atom stereocenters. The van der Waals surface area contributed by atoms with Crippen molar-refractivity contribution in [3.63, 3.8) is 0 Å². The highest BCUT2D eigenvalue weighted by Crippen LogP contribution is 2.26. The fraction of sp³-hybridized carbons (Fsp3) is 0. The Bertz CT molecular complexity index is 1010. The number of nitrogens with zero attached hydrogens (tertiary/aromatic N) is 1. The number of nitrogens with two attached hydrogens (primary N) is 2. The number of aliphatic imine (C=N–C) groups is 1. The molecule has 0 unspecified atom stereocenters. The second kappa shape index (κ2) is 7.02. The monoisotopic (exact) mass is 352 g/mol. The van der Waals surface area contributed by atoms with Crippen molar-refractivity contribution in [2.75, 3.05) is 5.73 Å². The number of anilines is 1. The van der Waals surface area contributed by atoms with E-state index >= 15 is 0 Å². The maximum absolute atomic E-state index is 13.4. The SMILES string of the molecule is Nc1cc(O)c(C(=O)N=Cc2ccco2)cc1C(=[NH2+])c1cccc(F)c1. The molecule has 3 aromatic rings. The first kappa shape index (κ1) is 17.1. The van der Waals surface area contributed by atoms with Gasteiger partial charge in [0.05, 0.1) is 23.6 Å². The number of benzene rings is 2. The number of halogens is 1. The zero-order valence-corrected chi connectivity index (χ0v) is 13.5. The van der Waals surface area contributed by atoms with Gasteiger partial charge in [-0.25, -0.2) is 9.38 Å². The summed E-state index contributed by atoms with van der Waals surface area (Å²) in [4.78, 5) is 16.0. The van der Waals surface area contributed by atoms with Crippen molar-refractivity contribution >= 4 is 23.5 Å². The number of hydrogen-bond acceptors (Lipinski definition) is 4. The Kier molecular flexibility index (Phi) is 4.62. The maximum Gasteiger partial charge on any atom is 0.280 e. The third kappa shape index (κ3) is 3.51. The molecule has 3 rings (SSSR count). The summed E-state index contributed by atoms with van der Waals surface area (Å²) in [6.45, 7) is 0. The second-order valence-electron chi connectivity index (χ2n) is 5.46. The van der Waals surface area contributed by atoms with Gasteiger partial charge in [0, 0.05) is 17.3 Å². The van der Waals surface area contributed by atoms with Crippen LogP contribution in [0.3, 0.4) is 0 Å². The van der Waals surface area contributed by atoms with Crippen LogP contribution >= 0.6 is 0 Å². The average molecular weight is 352 g/mol. The van der Waals surface area contributed by atoms with Gasteiger partial charge in [-0.1, -0.05) is 6.07 Å². The number of carbonyl (C=O) groups excluding carboxylic acids is 1. The number of amides is 1. The molecular formula is C19H15FN3O3+. The number of nitrogen functional groups attached to an aromatic ring is 1. The van der Waals surface area contributed by atoms with E-state index in [4.69, 9.17) is 15.6 Å². The number of phenols is 1. The van der Waals surface area contributed by atoms with Crippen LogP contribution in [0.15, 0.2) is 64.2 Å². The topological polar surface area (TPSA) is 114 Å². The molecule has 1 amide bonds. The Hall–Kier alpha value is -3.74. The molecule has 0 aliphatic heterocycles. The molecule has 6 nitrogen and oxygen atoms in total. The van der Waals surface area contributed by atoms with Crippen molar-refractivity contribution < 1.29 is 24.1 Å². The molecule has 0 saturated heterocycles. The fourth-order valence-electron chi connectivity index (χ4n) is 2.38. The maximum atomic E-state index is 13.4. The summed E-state index contributed by atoms with van der Waals surface area (Å²) in [5.41, 5.74) is 6.83. The van der Waals surface area contributed by atoms with Crippen molar-refractivity contribution in [2.24, 2.45) is 4.99 Å². The van der Waals surface area contributed by atoms with Crippen LogP contribution < -0.4 is 11.1 Å². The van der Waals surface area contributed by atoms with Gasteiger partial charge in [-0.15, -0.1) is 0 Å². The molecular weight excluding hydrogens is 337 g/mol. The predicted octanol–water partition coefficient (Wildman–Crippen LogP) is 1.56. The summed E-state index contributed by atoms with van der Waals surface area (Å²) in [6.07, 6.45) is 2.68. The summed E-state index contributed by atoms with van der Waals surface area (Å²) in [6, 6.07) is 11.5. The van der Waals surface area contributed by atoms with E-state index in [-0.39, 0.29) is 22.7 Å². The van der Waals surface area contributed by atoms with Crippen molar-refractivity contribution in [2.45, 2.75) is 0 Å². The molecule has 7 heteroatoms. The number of aromatic hydroxyl groups is 1. The third-order valence-corrected chi connectivity index (χ3v) is 3.68. The van der Waals surface area contributed by atoms with Crippen LogP contribution in [0.25, 0.3) is 0 Å². The van der Waals surface area contributed by atoms with Gasteiger partial charge in [0.1, 0.15) is 17.3 Å². The predicted molar refractivity (Wildman–Crippen MR) is 94.7 cm³/mol. The Labute approximate surface area is 147 Å². The van der Waals surface area contributed by atoms with Gasteiger partial charge in [-0.3, -0.25) is 10.2 Å². The second-order valence-corrected chi connectivity index (χ2v) is 5.46. The van der Waals surface area contributed by atoms with Gasteiger partial charge in [0.15, 0.2) is 0 Å². The fourth-order valence-corrected chi connectivity index (χ4v) is 2.38. The van der Waals surface area contributed by atoms with E-state index in [1.807, 2.05) is 0 Å². The Morgan fingerprint density at radius 3 is 2.69 bits per heavy atom. The Balaban J connectivity index is 1.96. The molecule has 5 N–H and O–H groups in total. The van der Waals surface area contributed by atoms with Crippen LogP contribution in [0.5, 0.6) is 5.75 Å². The van der Waals surface area contributed by atoms with Gasteiger partial charge < -0.3 is 15.3 Å². The van der Waals surface area contributed by atoms with Gasteiger partial charge in [-0.2, -0.15) is 0 Å². The van der Waals surface area contributed by atoms with Crippen LogP contribution in [0.4, 0.5) is 10.1 Å². The van der Waals surface area contributed by atoms with Gasteiger partial charge in [-0.05, 0) is 36.4 Å². The van der Waals surface area contributed by atoms with E-state index in [0.29, 0.717) is 16.9 Å². The average Bonchev–Trinajstić information content (AvgIpc) is 3.13. The van der Waals surface area contributed by atoms with Crippen molar-refractivity contribution in [1.29, 1.82) is 0 Å². The molecule has 0 bridgehead atoms. The molecule has 0 spiro atoms. The van der Waals surface area contributed by atoms with E-state index < -0.39 is 11.7 Å². The molecule has 0 aliphatic carbocycles. The molecule has 0 fully saturated rings. The minimum atomic E-state index is -0.702. The lowest BCUT2D eigenvalue weighted by Gasteiger charge is -2.08. The number of hydrogen-bond donors (Lipinski definition) is 3. The van der Waals surface area contributed by atoms with E-state index in [1.165, 1.54) is 42.8 Å². The molecule has 26 heavy (non-hydrogen) atoms. The summed E-state index contributed by atoms with van der Waals surface area (Å²) >= 11 is 0. The van der Waals surface area contributed by atoms with E-state index in [1.54, 1.807) is 18.2 Å². The van der Waals surface area contributed by atoms with Crippen molar-refractivity contribution in [1.82, 2.24) is 0 Å². The Morgan fingerprint density at radius 1 is 1.19 bits per heavy atom. The summed E-state index contributed by atoms with van der Waals surface area (Å²) in [7, 11) is 0. The van der Waals surface area contributed by atoms with E-state index in [2.05, 4.69) is 4.99 Å². The third-order valence-electron chi connectivity index (χ3n) is 3.68. The van der Waals surface area contributed by atoms with Crippen LogP contribution in [0, 0.1) is 5.82 Å². The highest BCUT2D eigenvalue weighted by Gasteiger charge is 2.20. The normalized spacial score (nSPS) is 11.0. The van der Waals surface area contributed by atoms with Gasteiger partial charge in [0.25, 0.3) is 5.91 Å². The number of rotatable bonds is 4. The van der Waals surface area contributed by atoms with Crippen LogP contribution in [0.1, 0.15) is 27.2 Å².